The molecule has 0 radical (unpaired) electrons. The molecule has 0 saturated carbocycles. The Hall–Kier alpha value is -1.82. The van der Waals surface area contributed by atoms with Crippen molar-refractivity contribution in [1.29, 1.82) is 0 Å². The van der Waals surface area contributed by atoms with Gasteiger partial charge < -0.3 is 4.74 Å². The van der Waals surface area contributed by atoms with Crippen molar-refractivity contribution in [3.63, 3.8) is 0 Å². The number of hydrazine groups is 1. The topological polar surface area (TPSA) is 64.3 Å². The van der Waals surface area contributed by atoms with E-state index in [0.717, 1.165) is 15.6 Å². The van der Waals surface area contributed by atoms with Gasteiger partial charge in [-0.3, -0.25) is 10.2 Å². The number of ether oxygens (including phenoxy) is 1. The molecule has 114 valence electrons. The number of benzene rings is 2. The van der Waals surface area contributed by atoms with Gasteiger partial charge in [-0.15, -0.1) is 0 Å². The molecule has 2 aromatic rings. The Kier molecular flexibility index (Phi) is 6.00. The van der Waals surface area contributed by atoms with Crippen molar-refractivity contribution < 1.29 is 9.53 Å². The fourth-order valence-electron chi connectivity index (χ4n) is 1.75. The summed E-state index contributed by atoms with van der Waals surface area (Å²) in [6.07, 6.45) is 2.94. The molecular weight excluding hydrogens is 368 g/mol. The Morgan fingerprint density at radius 1 is 1.32 bits per heavy atom. The van der Waals surface area contributed by atoms with Crippen molar-refractivity contribution in [2.75, 3.05) is 0 Å². The normalized spacial score (nSPS) is 10.7. The third kappa shape index (κ3) is 4.87. The minimum atomic E-state index is -0.383. The number of amides is 1. The summed E-state index contributed by atoms with van der Waals surface area (Å²) < 4.78 is 6.70. The summed E-state index contributed by atoms with van der Waals surface area (Å²) in [6.45, 7) is 0.421. The second kappa shape index (κ2) is 7.98. The summed E-state index contributed by atoms with van der Waals surface area (Å²) in [5.41, 5.74) is 3.83. The maximum atomic E-state index is 11.0. The number of rotatable bonds is 5. The fourth-order valence-corrected chi connectivity index (χ4v) is 2.44. The number of carbonyl (C=O) groups is 1. The largest absolute Gasteiger partial charge is 0.487 e. The molecule has 6 heteroatoms. The van der Waals surface area contributed by atoms with Crippen LogP contribution < -0.4 is 16.0 Å². The molecule has 4 nitrogen and oxygen atoms in total. The highest BCUT2D eigenvalue weighted by atomic mass is 79.9. The van der Waals surface area contributed by atoms with Gasteiger partial charge in [0, 0.05) is 10.5 Å². The van der Waals surface area contributed by atoms with Crippen molar-refractivity contribution >= 4 is 39.5 Å². The molecule has 0 aliphatic heterocycles. The van der Waals surface area contributed by atoms with Crippen molar-refractivity contribution in [2.24, 2.45) is 5.84 Å². The first-order chi connectivity index (χ1) is 10.6. The molecule has 0 aliphatic carbocycles. The van der Waals surface area contributed by atoms with Crippen LogP contribution in [0, 0.1) is 0 Å². The molecule has 2 rings (SSSR count). The Bertz CT molecular complexity index is 704. The second-order valence-electron chi connectivity index (χ2n) is 4.45. The van der Waals surface area contributed by atoms with Crippen LogP contribution in [0.2, 0.25) is 5.02 Å². The van der Waals surface area contributed by atoms with E-state index >= 15 is 0 Å². The first-order valence-corrected chi connectivity index (χ1v) is 7.61. The third-order valence-corrected chi connectivity index (χ3v) is 3.60. The van der Waals surface area contributed by atoms with Crippen LogP contribution in [0.5, 0.6) is 5.75 Å². The predicted octanol–water partition coefficient (Wildman–Crippen LogP) is 3.68. The van der Waals surface area contributed by atoms with E-state index in [1.807, 2.05) is 35.8 Å². The van der Waals surface area contributed by atoms with Crippen LogP contribution in [-0.4, -0.2) is 5.91 Å². The zero-order valence-electron chi connectivity index (χ0n) is 11.6. The Morgan fingerprint density at radius 3 is 2.82 bits per heavy atom. The number of nitrogens with two attached hydrogens (primary N) is 1. The quantitative estimate of drug-likeness (QED) is 0.359. The molecule has 1 amide bonds. The van der Waals surface area contributed by atoms with Gasteiger partial charge >= 0.3 is 0 Å². The molecule has 22 heavy (non-hydrogen) atoms. The van der Waals surface area contributed by atoms with E-state index in [2.05, 4.69) is 15.9 Å². The van der Waals surface area contributed by atoms with Crippen molar-refractivity contribution in [3.05, 3.63) is 69.2 Å². The second-order valence-corrected chi connectivity index (χ2v) is 5.77. The average Bonchev–Trinajstić information content (AvgIpc) is 2.51. The van der Waals surface area contributed by atoms with E-state index < -0.39 is 0 Å². The summed E-state index contributed by atoms with van der Waals surface area (Å²) in [4.78, 5) is 11.0. The van der Waals surface area contributed by atoms with Crippen LogP contribution in [-0.2, 0) is 11.4 Å². The summed E-state index contributed by atoms with van der Waals surface area (Å²) in [5, 5.41) is 0.477. The maximum absolute atomic E-state index is 11.0. The summed E-state index contributed by atoms with van der Waals surface area (Å²) in [5.74, 6) is 5.20. The van der Waals surface area contributed by atoms with Crippen LogP contribution in [0.15, 0.2) is 53.0 Å². The van der Waals surface area contributed by atoms with E-state index in [1.165, 1.54) is 6.08 Å². The molecule has 0 atom stereocenters. The van der Waals surface area contributed by atoms with E-state index in [0.29, 0.717) is 17.4 Å². The lowest BCUT2D eigenvalue weighted by Crippen LogP contribution is -2.27. The highest BCUT2D eigenvalue weighted by Crippen LogP contribution is 2.27. The lowest BCUT2D eigenvalue weighted by Gasteiger charge is -2.09. The van der Waals surface area contributed by atoms with Crippen LogP contribution in [0.25, 0.3) is 6.08 Å². The number of halogens is 2. The lowest BCUT2D eigenvalue weighted by atomic mass is 10.2. The first kappa shape index (κ1) is 16.5. The summed E-state index contributed by atoms with van der Waals surface area (Å²) >= 11 is 9.60. The molecular formula is C16H14BrClN2O2. The molecule has 0 spiro atoms. The molecule has 0 saturated heterocycles. The van der Waals surface area contributed by atoms with Crippen LogP contribution in [0.1, 0.15) is 11.1 Å². The number of carbonyl (C=O) groups excluding carboxylic acids is 1. The monoisotopic (exact) mass is 380 g/mol. The number of nitrogens with one attached hydrogen (secondary N) is 1. The summed E-state index contributed by atoms with van der Waals surface area (Å²) in [6, 6.07) is 13.1. The molecule has 0 heterocycles. The van der Waals surface area contributed by atoms with Crippen LogP contribution in [0.4, 0.5) is 0 Å². The minimum Gasteiger partial charge on any atom is -0.487 e. The van der Waals surface area contributed by atoms with Gasteiger partial charge in [0.2, 0.25) is 0 Å². The van der Waals surface area contributed by atoms with Gasteiger partial charge in [0.15, 0.2) is 0 Å². The van der Waals surface area contributed by atoms with Gasteiger partial charge in [0.1, 0.15) is 12.4 Å². The first-order valence-electron chi connectivity index (χ1n) is 6.44. The lowest BCUT2D eigenvalue weighted by molar-refractivity contribution is -0.116. The predicted molar refractivity (Wildman–Crippen MR) is 91.3 cm³/mol. The Balaban J connectivity index is 2.03. The van der Waals surface area contributed by atoms with Crippen LogP contribution in [0.3, 0.4) is 0 Å². The van der Waals surface area contributed by atoms with Gasteiger partial charge in [0.05, 0.1) is 5.02 Å². The van der Waals surface area contributed by atoms with E-state index in [-0.39, 0.29) is 5.91 Å². The molecule has 2 aromatic carbocycles. The fraction of sp³-hybridized carbons (Fsp3) is 0.0625. The van der Waals surface area contributed by atoms with E-state index in [9.17, 15) is 4.79 Å². The minimum absolute atomic E-state index is 0.383. The molecule has 0 aliphatic rings. The SMILES string of the molecule is NNC(=O)/C=C/c1ccc(OCc2cccc(Br)c2)c(Cl)c1. The number of hydrogen-bond donors (Lipinski definition) is 2. The van der Waals surface area contributed by atoms with Crippen molar-refractivity contribution in [1.82, 2.24) is 5.43 Å². The molecule has 0 unspecified atom stereocenters. The van der Waals surface area contributed by atoms with Gasteiger partial charge in [-0.2, -0.15) is 0 Å². The van der Waals surface area contributed by atoms with Gasteiger partial charge in [0.25, 0.3) is 5.91 Å². The molecule has 0 aromatic heterocycles. The zero-order valence-corrected chi connectivity index (χ0v) is 13.9. The maximum Gasteiger partial charge on any atom is 0.257 e. The standard InChI is InChI=1S/C16H14BrClN2O2/c17-13-3-1-2-12(8-13)10-22-15-6-4-11(9-14(15)18)5-7-16(21)20-19/h1-9H,10,19H2,(H,20,21)/b7-5+. The molecule has 3 N–H and O–H groups in total. The highest BCUT2D eigenvalue weighted by molar-refractivity contribution is 9.10. The Morgan fingerprint density at radius 2 is 2.14 bits per heavy atom. The highest BCUT2D eigenvalue weighted by Gasteiger charge is 2.03. The molecule has 0 bridgehead atoms. The van der Waals surface area contributed by atoms with E-state index in [4.69, 9.17) is 22.2 Å². The van der Waals surface area contributed by atoms with Crippen molar-refractivity contribution in [2.45, 2.75) is 6.61 Å². The summed E-state index contributed by atoms with van der Waals surface area (Å²) in [7, 11) is 0. The smallest absolute Gasteiger partial charge is 0.257 e. The number of hydrogen-bond acceptors (Lipinski definition) is 3. The van der Waals surface area contributed by atoms with Gasteiger partial charge in [-0.25, -0.2) is 5.84 Å². The Labute approximate surface area is 142 Å². The van der Waals surface area contributed by atoms with Crippen LogP contribution >= 0.6 is 27.5 Å². The third-order valence-electron chi connectivity index (χ3n) is 2.81. The average molecular weight is 382 g/mol. The van der Waals surface area contributed by atoms with Gasteiger partial charge in [-0.05, 0) is 41.5 Å². The molecule has 0 fully saturated rings. The van der Waals surface area contributed by atoms with E-state index in [1.54, 1.807) is 18.2 Å². The van der Waals surface area contributed by atoms with Gasteiger partial charge in [-0.1, -0.05) is 45.7 Å². The van der Waals surface area contributed by atoms with Crippen molar-refractivity contribution in [3.8, 4) is 5.75 Å². The zero-order chi connectivity index (χ0) is 15.9.